The number of rotatable bonds is 9. The van der Waals surface area contributed by atoms with Crippen LogP contribution in [0.25, 0.3) is 11.1 Å². The summed E-state index contributed by atoms with van der Waals surface area (Å²) in [6, 6.07) is 17.7. The molecule has 0 heterocycles. The van der Waals surface area contributed by atoms with Crippen molar-refractivity contribution < 1.29 is 37.3 Å². The Labute approximate surface area is 232 Å². The predicted octanol–water partition coefficient (Wildman–Crippen LogP) is 6.40. The first-order valence-electron chi connectivity index (χ1n) is 13.0. The van der Waals surface area contributed by atoms with Gasteiger partial charge in [0.05, 0.1) is 18.3 Å². The van der Waals surface area contributed by atoms with Crippen molar-refractivity contribution in [2.75, 3.05) is 4.90 Å². The van der Waals surface area contributed by atoms with Gasteiger partial charge in [-0.15, -0.1) is 13.2 Å². The van der Waals surface area contributed by atoms with Gasteiger partial charge in [0.25, 0.3) is 5.91 Å². The first-order chi connectivity index (χ1) is 18.7. The molecular weight excluding hydrogens is 523 g/mol. The number of carbonyl (C=O) groups excluding carboxylic acids is 2. The quantitative estimate of drug-likeness (QED) is 0.285. The number of carboxylic acid groups (broad SMARTS) is 1. The minimum Gasteiger partial charge on any atom is -0.540 e. The van der Waals surface area contributed by atoms with Gasteiger partial charge < -0.3 is 19.4 Å². The second-order valence-electron chi connectivity index (χ2n) is 10.4. The summed E-state index contributed by atoms with van der Waals surface area (Å²) in [6.07, 6.45) is -3.64. The number of ether oxygens (including phenoxy) is 2. The fourth-order valence-electron chi connectivity index (χ4n) is 4.16. The van der Waals surface area contributed by atoms with Gasteiger partial charge in [-0.05, 0) is 64.8 Å². The van der Waals surface area contributed by atoms with Gasteiger partial charge in [-0.2, -0.15) is 0 Å². The van der Waals surface area contributed by atoms with E-state index in [0.717, 1.165) is 10.5 Å². The molecule has 0 aliphatic carbocycles. The van der Waals surface area contributed by atoms with Crippen LogP contribution in [-0.2, 0) is 21.5 Å². The lowest BCUT2D eigenvalue weighted by molar-refractivity contribution is -0.300. The Hall–Kier alpha value is -4.01. The highest BCUT2D eigenvalue weighted by Gasteiger charge is 2.31. The zero-order chi connectivity index (χ0) is 29.7. The average Bonchev–Trinajstić information content (AvgIpc) is 2.89. The van der Waals surface area contributed by atoms with Crippen LogP contribution in [0.15, 0.2) is 66.7 Å². The first-order valence-corrected chi connectivity index (χ1v) is 13.0. The molecule has 3 aromatic rings. The van der Waals surface area contributed by atoms with E-state index >= 15 is 0 Å². The number of alkyl halides is 3. The van der Waals surface area contributed by atoms with Crippen LogP contribution < -0.4 is 19.5 Å². The summed E-state index contributed by atoms with van der Waals surface area (Å²) in [7, 11) is 0. The predicted molar refractivity (Wildman–Crippen MR) is 145 cm³/mol. The molecule has 0 aliphatic rings. The van der Waals surface area contributed by atoms with Crippen molar-refractivity contribution in [2.45, 2.75) is 71.9 Å². The largest absolute Gasteiger partial charge is 0.573 e. The maximum atomic E-state index is 13.0. The molecule has 40 heavy (non-hydrogen) atoms. The SMILES string of the molecule is CCC(CC)Oc1ccc(-c2ccc(OC(F)(F)F)cc2)cc1N(Cc1ccc(C(C)(C)C)cc1)C(=O)C(=O)[O-]. The third-order valence-electron chi connectivity index (χ3n) is 6.46. The van der Waals surface area contributed by atoms with Crippen LogP contribution in [-0.4, -0.2) is 24.3 Å². The normalized spacial score (nSPS) is 11.8. The fraction of sp³-hybridized carbons (Fsp3) is 0.355. The third-order valence-corrected chi connectivity index (χ3v) is 6.46. The summed E-state index contributed by atoms with van der Waals surface area (Å²) in [5.41, 5.74) is 2.94. The standard InChI is InChI=1S/C31H34F3NO5/c1-6-24(7-2)39-27-17-12-22(21-10-15-25(16-11-21)40-31(32,33)34)18-26(27)35(28(36)29(37)38)19-20-8-13-23(14-9-20)30(3,4)5/h8-18,24H,6-7,19H2,1-5H3,(H,37,38)/p-1. The van der Waals surface area contributed by atoms with Gasteiger partial charge in [-0.25, -0.2) is 0 Å². The van der Waals surface area contributed by atoms with Crippen molar-refractivity contribution in [2.24, 2.45) is 0 Å². The molecule has 214 valence electrons. The average molecular weight is 557 g/mol. The van der Waals surface area contributed by atoms with E-state index < -0.39 is 18.2 Å². The van der Waals surface area contributed by atoms with Crippen molar-refractivity contribution in [3.63, 3.8) is 0 Å². The van der Waals surface area contributed by atoms with Crippen LogP contribution in [0.2, 0.25) is 0 Å². The molecule has 0 atom stereocenters. The lowest BCUT2D eigenvalue weighted by atomic mass is 9.87. The highest BCUT2D eigenvalue weighted by Crippen LogP contribution is 2.37. The van der Waals surface area contributed by atoms with Gasteiger partial charge in [0, 0.05) is 0 Å². The maximum Gasteiger partial charge on any atom is 0.573 e. The molecule has 0 fully saturated rings. The fourth-order valence-corrected chi connectivity index (χ4v) is 4.16. The molecular formula is C31H33F3NO5-. The van der Waals surface area contributed by atoms with E-state index in [4.69, 9.17) is 4.74 Å². The second kappa shape index (κ2) is 12.4. The topological polar surface area (TPSA) is 78.9 Å². The van der Waals surface area contributed by atoms with Crippen molar-refractivity contribution in [1.82, 2.24) is 0 Å². The zero-order valence-electron chi connectivity index (χ0n) is 23.2. The number of carboxylic acids is 1. The monoisotopic (exact) mass is 556 g/mol. The molecule has 3 rings (SSSR count). The molecule has 6 nitrogen and oxygen atoms in total. The van der Waals surface area contributed by atoms with E-state index in [2.05, 4.69) is 25.5 Å². The first kappa shape index (κ1) is 30.5. The smallest absolute Gasteiger partial charge is 0.540 e. The van der Waals surface area contributed by atoms with Crippen molar-refractivity contribution >= 4 is 17.6 Å². The summed E-state index contributed by atoms with van der Waals surface area (Å²) in [5, 5.41) is 11.8. The summed E-state index contributed by atoms with van der Waals surface area (Å²) in [6.45, 7) is 10.0. The lowest BCUT2D eigenvalue weighted by Crippen LogP contribution is -2.44. The Morgan fingerprint density at radius 3 is 1.95 bits per heavy atom. The number of aliphatic carboxylic acids is 1. The number of hydrogen-bond donors (Lipinski definition) is 0. The van der Waals surface area contributed by atoms with Crippen LogP contribution in [0.5, 0.6) is 11.5 Å². The molecule has 1 amide bonds. The van der Waals surface area contributed by atoms with E-state index in [-0.39, 0.29) is 29.5 Å². The number of amides is 1. The van der Waals surface area contributed by atoms with Crippen molar-refractivity contribution in [3.05, 3.63) is 77.9 Å². The Bertz CT molecular complexity index is 1310. The van der Waals surface area contributed by atoms with E-state index in [9.17, 15) is 27.9 Å². The van der Waals surface area contributed by atoms with E-state index in [0.29, 0.717) is 35.3 Å². The van der Waals surface area contributed by atoms with Crippen LogP contribution in [0.4, 0.5) is 18.9 Å². The summed E-state index contributed by atoms with van der Waals surface area (Å²) >= 11 is 0. The van der Waals surface area contributed by atoms with Crippen LogP contribution in [0, 0.1) is 0 Å². The zero-order valence-corrected chi connectivity index (χ0v) is 23.2. The number of hydrogen-bond acceptors (Lipinski definition) is 5. The van der Waals surface area contributed by atoms with Gasteiger partial charge in [0.15, 0.2) is 0 Å². The van der Waals surface area contributed by atoms with E-state index in [1.165, 1.54) is 24.3 Å². The van der Waals surface area contributed by atoms with E-state index in [1.54, 1.807) is 18.2 Å². The van der Waals surface area contributed by atoms with Gasteiger partial charge in [0.2, 0.25) is 0 Å². The highest BCUT2D eigenvalue weighted by atomic mass is 19.4. The molecule has 0 spiro atoms. The molecule has 0 aromatic heterocycles. The Balaban J connectivity index is 2.09. The molecule has 0 aliphatic heterocycles. The number of anilines is 1. The van der Waals surface area contributed by atoms with Crippen LogP contribution in [0.1, 0.15) is 58.6 Å². The molecule has 0 radical (unpaired) electrons. The molecule has 3 aromatic carbocycles. The summed E-state index contributed by atoms with van der Waals surface area (Å²) in [4.78, 5) is 25.8. The number of benzene rings is 3. The van der Waals surface area contributed by atoms with Crippen LogP contribution >= 0.6 is 0 Å². The minimum absolute atomic E-state index is 0.0711. The highest BCUT2D eigenvalue weighted by molar-refractivity contribution is 6.36. The number of halogens is 3. The summed E-state index contributed by atoms with van der Waals surface area (Å²) < 4.78 is 47.9. The van der Waals surface area contributed by atoms with E-state index in [1.807, 2.05) is 38.1 Å². The van der Waals surface area contributed by atoms with Gasteiger partial charge in [-0.1, -0.05) is 77.1 Å². The molecule has 0 saturated heterocycles. The third kappa shape index (κ3) is 8.00. The Morgan fingerprint density at radius 1 is 0.875 bits per heavy atom. The van der Waals surface area contributed by atoms with Crippen molar-refractivity contribution in [3.8, 4) is 22.6 Å². The van der Waals surface area contributed by atoms with Gasteiger partial charge in [-0.3, -0.25) is 9.69 Å². The maximum absolute atomic E-state index is 13.0. The molecule has 9 heteroatoms. The van der Waals surface area contributed by atoms with Gasteiger partial charge in [0.1, 0.15) is 17.5 Å². The lowest BCUT2D eigenvalue weighted by Gasteiger charge is -2.28. The molecule has 0 bridgehead atoms. The molecule has 0 N–H and O–H groups in total. The second-order valence-corrected chi connectivity index (χ2v) is 10.4. The number of nitrogens with zero attached hydrogens (tertiary/aromatic N) is 1. The van der Waals surface area contributed by atoms with Crippen LogP contribution in [0.3, 0.4) is 0 Å². The summed E-state index contributed by atoms with van der Waals surface area (Å²) in [5.74, 6) is -3.20. The number of carbonyl (C=O) groups is 2. The Morgan fingerprint density at radius 2 is 1.45 bits per heavy atom. The molecule has 0 saturated carbocycles. The minimum atomic E-state index is -4.82. The van der Waals surface area contributed by atoms with Crippen molar-refractivity contribution in [1.29, 1.82) is 0 Å². The van der Waals surface area contributed by atoms with Gasteiger partial charge >= 0.3 is 6.36 Å². The molecule has 0 unspecified atom stereocenters. The Kier molecular flexibility index (Phi) is 9.50.